The lowest BCUT2D eigenvalue weighted by Crippen LogP contribution is -2.40. The van der Waals surface area contributed by atoms with Crippen LogP contribution in [0.5, 0.6) is 5.75 Å². The van der Waals surface area contributed by atoms with Crippen molar-refractivity contribution in [3.8, 4) is 11.8 Å². The number of imidazole rings is 1. The molecular weight excluding hydrogens is 411 g/mol. The molecule has 2 atom stereocenters. The molecule has 1 saturated carbocycles. The lowest BCUT2D eigenvalue weighted by atomic mass is 9.78. The van der Waals surface area contributed by atoms with E-state index in [-0.39, 0.29) is 17.6 Å². The first-order valence-electron chi connectivity index (χ1n) is 10.7. The van der Waals surface area contributed by atoms with Crippen LogP contribution in [-0.4, -0.2) is 34.9 Å². The summed E-state index contributed by atoms with van der Waals surface area (Å²) < 4.78 is 27.1. The topological polar surface area (TPSA) is 80.4 Å². The quantitative estimate of drug-likeness (QED) is 0.598. The number of fused-ring (bicyclic) bond motifs is 1. The van der Waals surface area contributed by atoms with Gasteiger partial charge in [-0.1, -0.05) is 6.07 Å². The second-order valence-electron chi connectivity index (χ2n) is 8.63. The van der Waals surface area contributed by atoms with Crippen LogP contribution in [-0.2, 0) is 11.3 Å². The summed E-state index contributed by atoms with van der Waals surface area (Å²) in [4.78, 5) is 18.7. The van der Waals surface area contributed by atoms with E-state index in [1.807, 2.05) is 34.9 Å². The van der Waals surface area contributed by atoms with Crippen LogP contribution in [0, 0.1) is 23.1 Å². The lowest BCUT2D eigenvalue weighted by Gasteiger charge is -2.36. The molecule has 2 fully saturated rings. The smallest absolute Gasteiger partial charge is 0.415 e. The summed E-state index contributed by atoms with van der Waals surface area (Å²) in [5.41, 5.74) is 1.52. The van der Waals surface area contributed by atoms with Crippen molar-refractivity contribution in [3.63, 3.8) is 0 Å². The molecule has 2 heterocycles. The van der Waals surface area contributed by atoms with Crippen molar-refractivity contribution in [2.45, 2.75) is 37.8 Å². The maximum absolute atomic E-state index is 13.9. The molecule has 1 amide bonds. The molecule has 5 rings (SSSR count). The van der Waals surface area contributed by atoms with E-state index in [0.717, 1.165) is 36.9 Å². The van der Waals surface area contributed by atoms with Gasteiger partial charge in [0.25, 0.3) is 0 Å². The van der Waals surface area contributed by atoms with Gasteiger partial charge < -0.3 is 14.0 Å². The summed E-state index contributed by atoms with van der Waals surface area (Å²) in [6.07, 6.45) is 4.88. The average molecular weight is 434 g/mol. The number of carbonyl (C=O) groups excluding carboxylic acids is 1. The van der Waals surface area contributed by atoms with Gasteiger partial charge in [-0.05, 0) is 49.8 Å². The minimum atomic E-state index is -0.558. The maximum Gasteiger partial charge on any atom is 0.415 e. The molecule has 1 aliphatic carbocycles. The number of halogens is 1. The van der Waals surface area contributed by atoms with E-state index in [2.05, 4.69) is 4.98 Å². The molecule has 1 aromatic heterocycles. The average Bonchev–Trinajstić information content (AvgIpc) is 3.33. The Hall–Kier alpha value is -3.60. The zero-order chi connectivity index (χ0) is 22.3. The van der Waals surface area contributed by atoms with Crippen LogP contribution in [0.4, 0.5) is 14.9 Å². The van der Waals surface area contributed by atoms with Crippen LogP contribution in [0.1, 0.15) is 31.2 Å². The van der Waals surface area contributed by atoms with E-state index < -0.39 is 11.4 Å². The van der Waals surface area contributed by atoms with Crippen molar-refractivity contribution in [1.29, 1.82) is 5.26 Å². The van der Waals surface area contributed by atoms with Gasteiger partial charge in [0.2, 0.25) is 0 Å². The number of aromatic nitrogens is 2. The van der Waals surface area contributed by atoms with Crippen LogP contribution in [0.3, 0.4) is 0 Å². The van der Waals surface area contributed by atoms with Crippen molar-refractivity contribution in [2.75, 3.05) is 18.6 Å². The highest BCUT2D eigenvalue weighted by atomic mass is 19.1. The third-order valence-electron chi connectivity index (χ3n) is 6.53. The van der Waals surface area contributed by atoms with Gasteiger partial charge in [-0.25, -0.2) is 14.2 Å². The van der Waals surface area contributed by atoms with Crippen LogP contribution in [0.15, 0.2) is 42.7 Å². The summed E-state index contributed by atoms with van der Waals surface area (Å²) in [6.45, 7) is 1.18. The fourth-order valence-electron chi connectivity index (χ4n) is 5.02. The first-order valence-corrected chi connectivity index (χ1v) is 10.7. The minimum Gasteiger partial charge on any atom is -0.497 e. The van der Waals surface area contributed by atoms with E-state index in [1.165, 1.54) is 6.07 Å². The minimum absolute atomic E-state index is 0.0121. The number of amides is 1. The molecule has 1 aliphatic heterocycles. The highest BCUT2D eigenvalue weighted by molar-refractivity contribution is 5.90. The highest BCUT2D eigenvalue weighted by Gasteiger charge is 2.48. The van der Waals surface area contributed by atoms with Gasteiger partial charge in [0, 0.05) is 18.7 Å². The largest absolute Gasteiger partial charge is 0.497 e. The van der Waals surface area contributed by atoms with E-state index in [9.17, 15) is 9.18 Å². The Morgan fingerprint density at radius 3 is 3.06 bits per heavy atom. The predicted octanol–water partition coefficient (Wildman–Crippen LogP) is 4.64. The number of ether oxygens (including phenoxy) is 2. The second kappa shape index (κ2) is 7.83. The molecule has 0 radical (unpaired) electrons. The molecule has 0 unspecified atom stereocenters. The number of benzene rings is 2. The fourth-order valence-corrected chi connectivity index (χ4v) is 5.02. The molecule has 1 spiro atoms. The zero-order valence-corrected chi connectivity index (χ0v) is 17.8. The summed E-state index contributed by atoms with van der Waals surface area (Å²) in [5, 5.41) is 9.16. The Morgan fingerprint density at radius 1 is 1.38 bits per heavy atom. The van der Waals surface area contributed by atoms with Crippen LogP contribution in [0.25, 0.3) is 11.0 Å². The van der Waals surface area contributed by atoms with E-state index >= 15 is 0 Å². The van der Waals surface area contributed by atoms with Gasteiger partial charge in [-0.3, -0.25) is 4.90 Å². The number of rotatable bonds is 4. The summed E-state index contributed by atoms with van der Waals surface area (Å²) in [5.74, 6) is 0.408. The van der Waals surface area contributed by atoms with Crippen molar-refractivity contribution in [1.82, 2.24) is 9.55 Å². The van der Waals surface area contributed by atoms with Gasteiger partial charge in [0.15, 0.2) is 0 Å². The third kappa shape index (κ3) is 3.54. The first kappa shape index (κ1) is 20.3. The summed E-state index contributed by atoms with van der Waals surface area (Å²) >= 11 is 0. The van der Waals surface area contributed by atoms with Gasteiger partial charge in [-0.2, -0.15) is 5.26 Å². The molecule has 8 heteroatoms. The van der Waals surface area contributed by atoms with E-state index in [4.69, 9.17) is 14.7 Å². The highest BCUT2D eigenvalue weighted by Crippen LogP contribution is 2.42. The molecule has 3 aromatic rings. The number of methoxy groups -OCH3 is 1. The molecule has 1 saturated heterocycles. The number of anilines is 1. The van der Waals surface area contributed by atoms with Gasteiger partial charge >= 0.3 is 6.09 Å². The maximum atomic E-state index is 13.9. The molecule has 7 nitrogen and oxygen atoms in total. The molecule has 164 valence electrons. The van der Waals surface area contributed by atoms with Crippen molar-refractivity contribution < 1.29 is 18.7 Å². The number of carbonyl (C=O) groups is 1. The standard InChI is InChI=1S/C24H23FN4O3/c1-31-19-6-2-5-18(9-19)29-14-24(32-23(29)30)7-3-4-16(11-24)13-28-15-27-21-10-20(25)17(12-26)8-22(21)28/h2,5-6,8-10,15-16H,3-4,7,11,13-14H2,1H3/t16-,24-/m0/s1. The van der Waals surface area contributed by atoms with Gasteiger partial charge in [0.1, 0.15) is 23.2 Å². The SMILES string of the molecule is COc1cccc(N2C[C@@]3(CCC[C@H](Cn4cnc5cc(F)c(C#N)cc54)C3)OC2=O)c1. The molecule has 0 N–H and O–H groups in total. The first-order chi connectivity index (χ1) is 15.5. The van der Waals surface area contributed by atoms with E-state index in [1.54, 1.807) is 24.4 Å². The zero-order valence-electron chi connectivity index (χ0n) is 17.8. The molecule has 0 bridgehead atoms. The Balaban J connectivity index is 1.35. The van der Waals surface area contributed by atoms with Gasteiger partial charge in [0.05, 0.1) is 42.3 Å². The molecule has 32 heavy (non-hydrogen) atoms. The monoisotopic (exact) mass is 434 g/mol. The predicted molar refractivity (Wildman–Crippen MR) is 116 cm³/mol. The number of hydrogen-bond acceptors (Lipinski definition) is 5. The summed E-state index contributed by atoms with van der Waals surface area (Å²) in [6, 6.07) is 12.2. The molecule has 2 aliphatic rings. The Morgan fingerprint density at radius 2 is 2.25 bits per heavy atom. The van der Waals surface area contributed by atoms with Gasteiger partial charge in [-0.15, -0.1) is 0 Å². The van der Waals surface area contributed by atoms with E-state index in [0.29, 0.717) is 24.4 Å². The number of hydrogen-bond donors (Lipinski definition) is 0. The Kier molecular flexibility index (Phi) is 4.97. The summed E-state index contributed by atoms with van der Waals surface area (Å²) in [7, 11) is 1.60. The third-order valence-corrected chi connectivity index (χ3v) is 6.53. The normalized spacial score (nSPS) is 22.8. The van der Waals surface area contributed by atoms with Crippen LogP contribution < -0.4 is 9.64 Å². The molecule has 2 aromatic carbocycles. The number of nitrogens with zero attached hydrogens (tertiary/aromatic N) is 4. The second-order valence-corrected chi connectivity index (χ2v) is 8.63. The van der Waals surface area contributed by atoms with Crippen molar-refractivity contribution >= 4 is 22.8 Å². The molecular formula is C24H23FN4O3. The fraction of sp³-hybridized carbons (Fsp3) is 0.375. The Bertz CT molecular complexity index is 1230. The number of nitriles is 1. The van der Waals surface area contributed by atoms with Crippen molar-refractivity contribution in [2.24, 2.45) is 5.92 Å². The van der Waals surface area contributed by atoms with Crippen LogP contribution in [0.2, 0.25) is 0 Å². The Labute approximate surface area is 185 Å². The van der Waals surface area contributed by atoms with Crippen LogP contribution >= 0.6 is 0 Å². The van der Waals surface area contributed by atoms with Crippen molar-refractivity contribution in [3.05, 3.63) is 54.1 Å². The lowest BCUT2D eigenvalue weighted by molar-refractivity contribution is 0.00439.